The summed E-state index contributed by atoms with van der Waals surface area (Å²) in [5, 5.41) is 4.53. The van der Waals surface area contributed by atoms with Crippen molar-refractivity contribution in [3.05, 3.63) is 35.4 Å². The first-order valence-corrected chi connectivity index (χ1v) is 6.83. The van der Waals surface area contributed by atoms with Gasteiger partial charge in [0.25, 0.3) is 0 Å². The summed E-state index contributed by atoms with van der Waals surface area (Å²) in [4.78, 5) is 4.66. The first-order valence-electron chi connectivity index (χ1n) is 5.84. The van der Waals surface area contributed by atoms with Crippen LogP contribution in [0, 0.1) is 0 Å². The molecule has 1 N–H and O–H groups in total. The van der Waals surface area contributed by atoms with Crippen LogP contribution in [0.15, 0.2) is 29.3 Å². The molecule has 0 amide bonds. The molecule has 3 heteroatoms. The van der Waals surface area contributed by atoms with Crippen LogP contribution in [-0.2, 0) is 6.42 Å². The van der Waals surface area contributed by atoms with Gasteiger partial charge in [-0.3, -0.25) is 4.99 Å². The van der Waals surface area contributed by atoms with Crippen molar-refractivity contribution in [2.75, 3.05) is 12.3 Å². The Labute approximate surface area is 101 Å². The van der Waals surface area contributed by atoms with Crippen molar-refractivity contribution in [2.45, 2.75) is 25.3 Å². The van der Waals surface area contributed by atoms with Crippen LogP contribution in [0.5, 0.6) is 0 Å². The van der Waals surface area contributed by atoms with Gasteiger partial charge < -0.3 is 5.32 Å². The molecular formula is C13H16N2S. The summed E-state index contributed by atoms with van der Waals surface area (Å²) in [5.41, 5.74) is 3.01. The van der Waals surface area contributed by atoms with Crippen LogP contribution in [-0.4, -0.2) is 23.5 Å². The zero-order valence-electron chi connectivity index (χ0n) is 9.44. The maximum absolute atomic E-state index is 4.66. The highest BCUT2D eigenvalue weighted by Gasteiger charge is 2.25. The molecule has 2 nitrogen and oxygen atoms in total. The fourth-order valence-corrected chi connectivity index (χ4v) is 3.25. The topological polar surface area (TPSA) is 24.4 Å². The highest BCUT2D eigenvalue weighted by molar-refractivity contribution is 8.14. The lowest BCUT2D eigenvalue weighted by Crippen LogP contribution is -2.25. The van der Waals surface area contributed by atoms with Crippen molar-refractivity contribution < 1.29 is 0 Å². The molecule has 1 aliphatic carbocycles. The summed E-state index contributed by atoms with van der Waals surface area (Å²) < 4.78 is 0. The Morgan fingerprint density at radius 2 is 2.31 bits per heavy atom. The van der Waals surface area contributed by atoms with Crippen LogP contribution in [0.4, 0.5) is 0 Å². The normalized spacial score (nSPS) is 29.7. The molecule has 16 heavy (non-hydrogen) atoms. The van der Waals surface area contributed by atoms with Crippen molar-refractivity contribution >= 4 is 16.9 Å². The molecule has 2 atom stereocenters. The summed E-state index contributed by atoms with van der Waals surface area (Å²) in [6.07, 6.45) is 1.20. The van der Waals surface area contributed by atoms with Gasteiger partial charge in [-0.2, -0.15) is 0 Å². The lowest BCUT2D eigenvalue weighted by molar-refractivity contribution is 0.618. The third kappa shape index (κ3) is 1.84. The Balaban J connectivity index is 1.62. The van der Waals surface area contributed by atoms with Gasteiger partial charge in [0, 0.05) is 24.3 Å². The number of benzene rings is 1. The zero-order chi connectivity index (χ0) is 11.0. The van der Waals surface area contributed by atoms with Crippen LogP contribution < -0.4 is 5.32 Å². The molecule has 2 unspecified atom stereocenters. The van der Waals surface area contributed by atoms with E-state index in [0.717, 1.165) is 17.5 Å². The Hall–Kier alpha value is -0.960. The number of amidine groups is 1. The van der Waals surface area contributed by atoms with E-state index in [0.29, 0.717) is 12.0 Å². The van der Waals surface area contributed by atoms with E-state index >= 15 is 0 Å². The minimum absolute atomic E-state index is 0.581. The summed E-state index contributed by atoms with van der Waals surface area (Å²) >= 11 is 1.85. The van der Waals surface area contributed by atoms with Gasteiger partial charge in [0.15, 0.2) is 5.17 Å². The molecule has 0 aromatic heterocycles. The van der Waals surface area contributed by atoms with Crippen molar-refractivity contribution in [1.82, 2.24) is 5.32 Å². The second-order valence-corrected chi connectivity index (χ2v) is 5.61. The fraction of sp³-hybridized carbons (Fsp3) is 0.462. The standard InChI is InChI=1S/C13H16N2S/c1-9-8-16-13(15-9)14-7-11-6-10-4-2-3-5-12(10)11/h2-5,9,11H,6-8H2,1H3,(H,14,15). The average molecular weight is 232 g/mol. The Morgan fingerprint density at radius 3 is 3.06 bits per heavy atom. The van der Waals surface area contributed by atoms with Gasteiger partial charge in [0.2, 0.25) is 0 Å². The first-order chi connectivity index (χ1) is 7.83. The molecule has 3 rings (SSSR count). The number of fused-ring (bicyclic) bond motifs is 1. The Bertz CT molecular complexity index is 428. The molecule has 0 spiro atoms. The number of nitrogens with zero attached hydrogens (tertiary/aromatic N) is 1. The van der Waals surface area contributed by atoms with Crippen LogP contribution in [0.25, 0.3) is 0 Å². The molecule has 1 fully saturated rings. The summed E-state index contributed by atoms with van der Waals surface area (Å²) in [7, 11) is 0. The minimum atomic E-state index is 0.581. The van der Waals surface area contributed by atoms with Gasteiger partial charge in [-0.15, -0.1) is 0 Å². The van der Waals surface area contributed by atoms with Crippen molar-refractivity contribution in [3.63, 3.8) is 0 Å². The van der Waals surface area contributed by atoms with E-state index in [9.17, 15) is 0 Å². The van der Waals surface area contributed by atoms with Crippen molar-refractivity contribution in [1.29, 1.82) is 0 Å². The van der Waals surface area contributed by atoms with E-state index in [1.807, 2.05) is 11.8 Å². The Kier molecular flexibility index (Phi) is 2.64. The maximum atomic E-state index is 4.66. The second-order valence-electron chi connectivity index (χ2n) is 4.60. The molecular weight excluding hydrogens is 216 g/mol. The molecule has 2 aliphatic rings. The van der Waals surface area contributed by atoms with Crippen LogP contribution in [0.3, 0.4) is 0 Å². The highest BCUT2D eigenvalue weighted by Crippen LogP contribution is 2.35. The second kappa shape index (κ2) is 4.13. The molecule has 1 heterocycles. The van der Waals surface area contributed by atoms with Crippen molar-refractivity contribution in [3.8, 4) is 0 Å². The molecule has 0 saturated carbocycles. The number of rotatable bonds is 2. The quantitative estimate of drug-likeness (QED) is 0.847. The Morgan fingerprint density at radius 1 is 1.44 bits per heavy atom. The predicted molar refractivity (Wildman–Crippen MR) is 70.2 cm³/mol. The summed E-state index contributed by atoms with van der Waals surface area (Å²) in [6, 6.07) is 9.29. The molecule has 1 aromatic carbocycles. The lowest BCUT2D eigenvalue weighted by Gasteiger charge is -2.28. The van der Waals surface area contributed by atoms with Gasteiger partial charge in [-0.05, 0) is 24.5 Å². The van der Waals surface area contributed by atoms with E-state index in [1.165, 1.54) is 17.5 Å². The zero-order valence-corrected chi connectivity index (χ0v) is 10.3. The molecule has 0 bridgehead atoms. The van der Waals surface area contributed by atoms with Gasteiger partial charge in [-0.25, -0.2) is 0 Å². The first kappa shape index (κ1) is 10.2. The predicted octanol–water partition coefficient (Wildman–Crippen LogP) is 2.41. The largest absolute Gasteiger partial charge is 0.362 e. The molecule has 0 radical (unpaired) electrons. The van der Waals surface area contributed by atoms with Crippen molar-refractivity contribution in [2.24, 2.45) is 4.99 Å². The van der Waals surface area contributed by atoms with Gasteiger partial charge in [0.05, 0.1) is 0 Å². The molecule has 1 saturated heterocycles. The van der Waals surface area contributed by atoms with Gasteiger partial charge in [0.1, 0.15) is 0 Å². The van der Waals surface area contributed by atoms with Crippen LogP contribution >= 0.6 is 11.8 Å². The fourth-order valence-electron chi connectivity index (χ4n) is 2.31. The summed E-state index contributed by atoms with van der Waals surface area (Å²) in [5.74, 6) is 1.81. The van der Waals surface area contributed by atoms with E-state index < -0.39 is 0 Å². The SMILES string of the molecule is CC1CSC(=NCC2Cc3ccccc32)N1. The lowest BCUT2D eigenvalue weighted by atomic mass is 9.78. The highest BCUT2D eigenvalue weighted by atomic mass is 32.2. The third-order valence-electron chi connectivity index (χ3n) is 3.26. The molecule has 1 aromatic rings. The number of hydrogen-bond donors (Lipinski definition) is 1. The number of thioether (sulfide) groups is 1. The van der Waals surface area contributed by atoms with E-state index in [-0.39, 0.29) is 0 Å². The van der Waals surface area contributed by atoms with Gasteiger partial charge >= 0.3 is 0 Å². The number of aliphatic imine (C=N–C) groups is 1. The third-order valence-corrected chi connectivity index (χ3v) is 4.44. The average Bonchev–Trinajstić information content (AvgIpc) is 2.66. The van der Waals surface area contributed by atoms with Crippen LogP contribution in [0.1, 0.15) is 24.0 Å². The molecule has 84 valence electrons. The summed E-state index contributed by atoms with van der Waals surface area (Å²) in [6.45, 7) is 3.15. The van der Waals surface area contributed by atoms with Crippen LogP contribution in [0.2, 0.25) is 0 Å². The van der Waals surface area contributed by atoms with E-state index in [4.69, 9.17) is 0 Å². The maximum Gasteiger partial charge on any atom is 0.156 e. The minimum Gasteiger partial charge on any atom is -0.362 e. The number of hydrogen-bond acceptors (Lipinski definition) is 2. The monoisotopic (exact) mass is 232 g/mol. The van der Waals surface area contributed by atoms with E-state index in [2.05, 4.69) is 41.5 Å². The van der Waals surface area contributed by atoms with Gasteiger partial charge in [-0.1, -0.05) is 36.0 Å². The van der Waals surface area contributed by atoms with E-state index in [1.54, 1.807) is 0 Å². The smallest absolute Gasteiger partial charge is 0.156 e. The number of nitrogens with one attached hydrogen (secondary N) is 1. The molecule has 1 aliphatic heterocycles.